The van der Waals surface area contributed by atoms with Crippen molar-refractivity contribution in [3.63, 3.8) is 0 Å². The number of anilines is 1. The summed E-state index contributed by atoms with van der Waals surface area (Å²) in [5, 5.41) is 11.1. The van der Waals surface area contributed by atoms with E-state index in [-0.39, 0.29) is 23.6 Å². The molecule has 0 atom stereocenters. The molecule has 0 unspecified atom stereocenters. The summed E-state index contributed by atoms with van der Waals surface area (Å²) in [6.07, 6.45) is 0. The van der Waals surface area contributed by atoms with Crippen LogP contribution >= 0.6 is 0 Å². The van der Waals surface area contributed by atoms with Crippen LogP contribution in [0.5, 0.6) is 0 Å². The van der Waals surface area contributed by atoms with Gasteiger partial charge >= 0.3 is 5.97 Å². The van der Waals surface area contributed by atoms with Gasteiger partial charge in [0.05, 0.1) is 0 Å². The average Bonchev–Trinajstić information content (AvgIpc) is 2.03. The van der Waals surface area contributed by atoms with Gasteiger partial charge in [0.25, 0.3) is 0 Å². The molecule has 0 bridgehead atoms. The van der Waals surface area contributed by atoms with Crippen LogP contribution in [0.2, 0.25) is 0 Å². The SMILES string of the molecule is O=C(O)CNc1ccccc1.[Fe]. The zero-order valence-corrected chi connectivity index (χ0v) is 7.41. The van der Waals surface area contributed by atoms with Crippen LogP contribution < -0.4 is 5.32 Å². The van der Waals surface area contributed by atoms with Gasteiger partial charge in [0.2, 0.25) is 0 Å². The molecular weight excluding hydrogens is 198 g/mol. The predicted octanol–water partition coefficient (Wildman–Crippen LogP) is 1.18. The summed E-state index contributed by atoms with van der Waals surface area (Å²) in [5.41, 5.74) is 0.829. The maximum Gasteiger partial charge on any atom is 0.322 e. The van der Waals surface area contributed by atoms with Crippen molar-refractivity contribution in [3.8, 4) is 0 Å². The van der Waals surface area contributed by atoms with Crippen molar-refractivity contribution < 1.29 is 27.0 Å². The van der Waals surface area contributed by atoms with Crippen LogP contribution in [0.3, 0.4) is 0 Å². The van der Waals surface area contributed by atoms with Gasteiger partial charge in [-0.15, -0.1) is 0 Å². The molecule has 12 heavy (non-hydrogen) atoms. The van der Waals surface area contributed by atoms with Gasteiger partial charge < -0.3 is 10.4 Å². The standard InChI is InChI=1S/C8H9NO2.Fe/c10-8(11)6-9-7-4-2-1-3-5-7;/h1-5,9H,6H2,(H,10,11);. The van der Waals surface area contributed by atoms with E-state index in [4.69, 9.17) is 5.11 Å². The van der Waals surface area contributed by atoms with E-state index in [2.05, 4.69) is 5.32 Å². The molecule has 0 heterocycles. The molecule has 0 amide bonds. The summed E-state index contributed by atoms with van der Waals surface area (Å²) < 4.78 is 0. The molecule has 0 aliphatic carbocycles. The molecule has 0 spiro atoms. The number of aliphatic carboxylic acids is 1. The quantitative estimate of drug-likeness (QED) is 0.731. The monoisotopic (exact) mass is 207 g/mol. The van der Waals surface area contributed by atoms with Crippen molar-refractivity contribution in [2.45, 2.75) is 0 Å². The zero-order valence-electron chi connectivity index (χ0n) is 6.30. The van der Waals surface area contributed by atoms with Gasteiger partial charge in [0, 0.05) is 22.8 Å². The molecule has 66 valence electrons. The second kappa shape index (κ2) is 5.63. The number of hydrogen-bond donors (Lipinski definition) is 2. The Balaban J connectivity index is 0.00000121. The maximum atomic E-state index is 10.1. The molecule has 0 aliphatic rings. The molecule has 0 saturated heterocycles. The van der Waals surface area contributed by atoms with Crippen molar-refractivity contribution in [2.24, 2.45) is 0 Å². The predicted molar refractivity (Wildman–Crippen MR) is 42.6 cm³/mol. The number of rotatable bonds is 3. The minimum atomic E-state index is -0.853. The number of hydrogen-bond acceptors (Lipinski definition) is 2. The molecule has 0 saturated carbocycles. The van der Waals surface area contributed by atoms with Crippen molar-refractivity contribution in [1.82, 2.24) is 0 Å². The van der Waals surface area contributed by atoms with Crippen LogP contribution in [0.1, 0.15) is 0 Å². The van der Waals surface area contributed by atoms with Crippen LogP contribution in [-0.2, 0) is 21.9 Å². The van der Waals surface area contributed by atoms with E-state index in [0.717, 1.165) is 5.69 Å². The van der Waals surface area contributed by atoms with Gasteiger partial charge in [-0.05, 0) is 12.1 Å². The molecular formula is C8H9FeNO2. The molecule has 1 rings (SSSR count). The fraction of sp³-hybridized carbons (Fsp3) is 0.125. The number of benzene rings is 1. The van der Waals surface area contributed by atoms with Gasteiger partial charge in [-0.1, -0.05) is 18.2 Å². The van der Waals surface area contributed by atoms with E-state index in [9.17, 15) is 4.79 Å². The smallest absolute Gasteiger partial charge is 0.322 e. The summed E-state index contributed by atoms with van der Waals surface area (Å²) in [5.74, 6) is -0.853. The van der Waals surface area contributed by atoms with Crippen LogP contribution in [0, 0.1) is 0 Å². The summed E-state index contributed by atoms with van der Waals surface area (Å²) >= 11 is 0. The molecule has 3 nitrogen and oxygen atoms in total. The summed E-state index contributed by atoms with van der Waals surface area (Å²) in [7, 11) is 0. The van der Waals surface area contributed by atoms with Crippen molar-refractivity contribution in [2.75, 3.05) is 11.9 Å². The van der Waals surface area contributed by atoms with E-state index < -0.39 is 5.97 Å². The Morgan fingerprint density at radius 2 is 1.92 bits per heavy atom. The van der Waals surface area contributed by atoms with Gasteiger partial charge in [0.1, 0.15) is 6.54 Å². The number of carbonyl (C=O) groups is 1. The average molecular weight is 207 g/mol. The van der Waals surface area contributed by atoms with Crippen molar-refractivity contribution in [1.29, 1.82) is 0 Å². The number of nitrogens with one attached hydrogen (secondary N) is 1. The Morgan fingerprint density at radius 3 is 2.42 bits per heavy atom. The van der Waals surface area contributed by atoms with E-state index in [1.165, 1.54) is 0 Å². The summed E-state index contributed by atoms with van der Waals surface area (Å²) in [6, 6.07) is 9.23. The fourth-order valence-corrected chi connectivity index (χ4v) is 0.734. The molecule has 0 radical (unpaired) electrons. The topological polar surface area (TPSA) is 49.3 Å². The van der Waals surface area contributed by atoms with Crippen LogP contribution in [0.15, 0.2) is 30.3 Å². The molecule has 2 N–H and O–H groups in total. The number of carboxylic acids is 1. The number of para-hydroxylation sites is 1. The first-order chi connectivity index (χ1) is 5.29. The van der Waals surface area contributed by atoms with E-state index in [1.807, 2.05) is 30.3 Å². The first kappa shape index (κ1) is 11.0. The largest absolute Gasteiger partial charge is 0.480 e. The van der Waals surface area contributed by atoms with Gasteiger partial charge in [-0.25, -0.2) is 0 Å². The van der Waals surface area contributed by atoms with Crippen molar-refractivity contribution in [3.05, 3.63) is 30.3 Å². The van der Waals surface area contributed by atoms with E-state index in [0.29, 0.717) is 0 Å². The molecule has 0 aliphatic heterocycles. The Morgan fingerprint density at radius 1 is 1.33 bits per heavy atom. The Hall–Kier alpha value is -0.991. The van der Waals surface area contributed by atoms with Gasteiger partial charge in [0.15, 0.2) is 0 Å². The molecule has 1 aromatic carbocycles. The van der Waals surface area contributed by atoms with Crippen LogP contribution in [0.4, 0.5) is 5.69 Å². The zero-order chi connectivity index (χ0) is 8.10. The number of carboxylic acid groups (broad SMARTS) is 1. The summed E-state index contributed by atoms with van der Waals surface area (Å²) in [6.45, 7) is -0.0377. The normalized spacial score (nSPS) is 8.33. The van der Waals surface area contributed by atoms with Crippen LogP contribution in [-0.4, -0.2) is 17.6 Å². The minimum absolute atomic E-state index is 0. The Labute approximate surface area is 81.3 Å². The second-order valence-corrected chi connectivity index (χ2v) is 2.11. The van der Waals surface area contributed by atoms with Gasteiger partial charge in [-0.3, -0.25) is 4.79 Å². The Bertz CT molecular complexity index is 238. The minimum Gasteiger partial charge on any atom is -0.480 e. The first-order valence-corrected chi connectivity index (χ1v) is 3.30. The molecule has 0 fully saturated rings. The van der Waals surface area contributed by atoms with E-state index in [1.54, 1.807) is 0 Å². The third-order valence-electron chi connectivity index (χ3n) is 1.22. The summed E-state index contributed by atoms with van der Waals surface area (Å²) in [4.78, 5) is 10.1. The first-order valence-electron chi connectivity index (χ1n) is 3.30. The molecule has 4 heteroatoms. The van der Waals surface area contributed by atoms with Crippen molar-refractivity contribution >= 4 is 11.7 Å². The molecule has 1 aromatic rings. The Kier molecular flexibility index (Phi) is 5.17. The van der Waals surface area contributed by atoms with Gasteiger partial charge in [-0.2, -0.15) is 0 Å². The second-order valence-electron chi connectivity index (χ2n) is 2.11. The maximum absolute atomic E-state index is 10.1. The molecule has 0 aromatic heterocycles. The van der Waals surface area contributed by atoms with E-state index >= 15 is 0 Å². The third kappa shape index (κ3) is 4.01. The van der Waals surface area contributed by atoms with Crippen LogP contribution in [0.25, 0.3) is 0 Å². The third-order valence-corrected chi connectivity index (χ3v) is 1.22. The fourth-order valence-electron chi connectivity index (χ4n) is 0.734.